The smallest absolute Gasteiger partial charge is 0.282 e. The van der Waals surface area contributed by atoms with Crippen LogP contribution in [0.25, 0.3) is 33.5 Å². The van der Waals surface area contributed by atoms with Crippen molar-refractivity contribution in [1.29, 1.82) is 5.26 Å². The number of ether oxygens (including phenoxy) is 3. The minimum absolute atomic E-state index is 0.104. The second kappa shape index (κ2) is 10.9. The zero-order valence-corrected chi connectivity index (χ0v) is 22.6. The zero-order valence-electron chi connectivity index (χ0n) is 20.5. The quantitative estimate of drug-likeness (QED) is 0.164. The Morgan fingerprint density at radius 1 is 1.11 bits per heavy atom. The maximum absolute atomic E-state index is 13.6. The number of halogens is 1. The summed E-state index contributed by atoms with van der Waals surface area (Å²) in [6, 6.07) is 19.9. The third-order valence-corrected chi connectivity index (χ3v) is 6.45. The third-order valence-electron chi connectivity index (χ3n) is 5.65. The van der Waals surface area contributed by atoms with Gasteiger partial charge >= 0.3 is 0 Å². The molecule has 0 unspecified atom stereocenters. The Morgan fingerprint density at radius 2 is 1.95 bits per heavy atom. The highest BCUT2D eigenvalue weighted by atomic mass is 127. The molecule has 3 aromatic carbocycles. The third kappa shape index (κ3) is 4.80. The number of benzene rings is 3. The number of methoxy groups -OCH3 is 1. The molecular weight excluding hydrogens is 599 g/mol. The maximum atomic E-state index is 13.6. The fourth-order valence-electron chi connectivity index (χ4n) is 4.01. The standard InChI is InChI=1S/C28H21IN4O5/c1-3-36-24-14-17(13-20(29)26(24)37-12-11-30)16-31-33-27(32-21-8-5-4-7-18(21)28(33)34)25-15-19-22(35-2)9-6-10-23(19)38-25/h4-10,13-16H,3,12H2,1-2H3. The fourth-order valence-corrected chi connectivity index (χ4v) is 4.79. The molecule has 0 radical (unpaired) electrons. The van der Waals surface area contributed by atoms with E-state index in [1.807, 2.05) is 43.3 Å². The van der Waals surface area contributed by atoms with Crippen molar-refractivity contribution in [1.82, 2.24) is 9.66 Å². The van der Waals surface area contributed by atoms with E-state index in [2.05, 4.69) is 27.7 Å². The van der Waals surface area contributed by atoms with Crippen LogP contribution in [-0.2, 0) is 0 Å². The molecule has 190 valence electrons. The number of hydrogen-bond donors (Lipinski definition) is 0. The van der Waals surface area contributed by atoms with E-state index >= 15 is 0 Å². The molecule has 2 heterocycles. The van der Waals surface area contributed by atoms with Crippen LogP contribution in [0, 0.1) is 14.9 Å². The number of rotatable bonds is 8. The topological polar surface area (TPSA) is 112 Å². The van der Waals surface area contributed by atoms with Crippen LogP contribution in [0.4, 0.5) is 0 Å². The van der Waals surface area contributed by atoms with Crippen LogP contribution in [-0.4, -0.2) is 36.2 Å². The van der Waals surface area contributed by atoms with Gasteiger partial charge in [0, 0.05) is 0 Å². The molecule has 0 N–H and O–H groups in total. The summed E-state index contributed by atoms with van der Waals surface area (Å²) >= 11 is 2.11. The Labute approximate surface area is 231 Å². The van der Waals surface area contributed by atoms with E-state index in [-0.39, 0.29) is 18.0 Å². The first-order chi connectivity index (χ1) is 18.5. The number of fused-ring (bicyclic) bond motifs is 2. The monoisotopic (exact) mass is 620 g/mol. The number of furan rings is 1. The SMILES string of the molecule is CCOc1cc(C=Nn2c(-c3cc4c(OC)cccc4o3)nc3ccccc3c2=O)cc(I)c1OCC#N. The van der Waals surface area contributed by atoms with E-state index < -0.39 is 0 Å². The molecular formula is C28H21IN4O5. The van der Waals surface area contributed by atoms with Crippen LogP contribution in [0.5, 0.6) is 17.2 Å². The molecule has 9 nitrogen and oxygen atoms in total. The molecule has 0 saturated heterocycles. The van der Waals surface area contributed by atoms with E-state index in [4.69, 9.17) is 28.9 Å². The van der Waals surface area contributed by atoms with Crippen LogP contribution in [0.15, 0.2) is 75.0 Å². The van der Waals surface area contributed by atoms with Gasteiger partial charge < -0.3 is 18.6 Å². The molecule has 2 aromatic heterocycles. The van der Waals surface area contributed by atoms with Gasteiger partial charge in [-0.05, 0) is 77.5 Å². The van der Waals surface area contributed by atoms with Crippen molar-refractivity contribution in [2.75, 3.05) is 20.3 Å². The highest BCUT2D eigenvalue weighted by Gasteiger charge is 2.18. The van der Waals surface area contributed by atoms with Crippen molar-refractivity contribution >= 4 is 50.7 Å². The Bertz CT molecular complexity index is 1780. The minimum atomic E-state index is -0.344. The molecule has 0 bridgehead atoms. The van der Waals surface area contributed by atoms with E-state index in [1.165, 1.54) is 4.68 Å². The summed E-state index contributed by atoms with van der Waals surface area (Å²) in [6.45, 7) is 2.16. The summed E-state index contributed by atoms with van der Waals surface area (Å²) in [4.78, 5) is 18.3. The molecule has 0 atom stereocenters. The Balaban J connectivity index is 1.66. The lowest BCUT2D eigenvalue weighted by atomic mass is 10.2. The van der Waals surface area contributed by atoms with Crippen LogP contribution >= 0.6 is 22.6 Å². The molecule has 10 heteroatoms. The molecule has 0 spiro atoms. The largest absolute Gasteiger partial charge is 0.496 e. The first-order valence-corrected chi connectivity index (χ1v) is 12.7. The van der Waals surface area contributed by atoms with E-state index in [0.29, 0.717) is 51.7 Å². The van der Waals surface area contributed by atoms with Gasteiger partial charge in [0.2, 0.25) is 5.82 Å². The number of para-hydroxylation sites is 1. The van der Waals surface area contributed by atoms with E-state index in [1.54, 1.807) is 43.7 Å². The van der Waals surface area contributed by atoms with Gasteiger partial charge in [-0.1, -0.05) is 18.2 Å². The number of nitriles is 1. The predicted octanol–water partition coefficient (Wildman–Crippen LogP) is 5.61. The second-order valence-corrected chi connectivity index (χ2v) is 9.17. The molecule has 0 aliphatic heterocycles. The zero-order chi connectivity index (χ0) is 26.6. The predicted molar refractivity (Wildman–Crippen MR) is 152 cm³/mol. The van der Waals surface area contributed by atoms with Gasteiger partial charge in [0.1, 0.15) is 17.4 Å². The summed E-state index contributed by atoms with van der Waals surface area (Å²) in [6.07, 6.45) is 1.54. The van der Waals surface area contributed by atoms with Gasteiger partial charge in [-0.15, -0.1) is 0 Å². The first kappa shape index (κ1) is 25.3. The molecule has 38 heavy (non-hydrogen) atoms. The Morgan fingerprint density at radius 3 is 2.74 bits per heavy atom. The molecule has 0 amide bonds. The lowest BCUT2D eigenvalue weighted by Gasteiger charge is -2.13. The lowest BCUT2D eigenvalue weighted by Crippen LogP contribution is -2.20. The Kier molecular flexibility index (Phi) is 7.28. The summed E-state index contributed by atoms with van der Waals surface area (Å²) in [5.41, 5.74) is 1.45. The van der Waals surface area contributed by atoms with Crippen molar-refractivity contribution in [2.45, 2.75) is 6.92 Å². The van der Waals surface area contributed by atoms with Crippen molar-refractivity contribution < 1.29 is 18.6 Å². The molecule has 0 fully saturated rings. The first-order valence-electron chi connectivity index (χ1n) is 11.6. The van der Waals surface area contributed by atoms with Crippen LogP contribution in [0.2, 0.25) is 0 Å². The summed E-state index contributed by atoms with van der Waals surface area (Å²) in [7, 11) is 1.59. The number of hydrogen-bond acceptors (Lipinski definition) is 8. The normalized spacial score (nSPS) is 11.2. The summed E-state index contributed by atoms with van der Waals surface area (Å²) in [5, 5.41) is 14.6. The lowest BCUT2D eigenvalue weighted by molar-refractivity contribution is 0.297. The van der Waals surface area contributed by atoms with Crippen LogP contribution < -0.4 is 19.8 Å². The average molecular weight is 620 g/mol. The van der Waals surface area contributed by atoms with Gasteiger partial charge in [-0.25, -0.2) is 4.98 Å². The number of nitrogens with zero attached hydrogens (tertiary/aromatic N) is 4. The second-order valence-electron chi connectivity index (χ2n) is 8.01. The average Bonchev–Trinajstić information content (AvgIpc) is 3.37. The minimum Gasteiger partial charge on any atom is -0.496 e. The van der Waals surface area contributed by atoms with E-state index in [9.17, 15) is 4.79 Å². The Hall–Kier alpha value is -4.37. The van der Waals surface area contributed by atoms with Gasteiger partial charge in [0.15, 0.2) is 23.9 Å². The van der Waals surface area contributed by atoms with Crippen LogP contribution in [0.1, 0.15) is 12.5 Å². The van der Waals surface area contributed by atoms with Crippen LogP contribution in [0.3, 0.4) is 0 Å². The molecule has 0 aliphatic carbocycles. The summed E-state index contributed by atoms with van der Waals surface area (Å²) in [5.74, 6) is 2.22. The van der Waals surface area contributed by atoms with Gasteiger partial charge in [-0.2, -0.15) is 15.0 Å². The molecule has 5 aromatic rings. The highest BCUT2D eigenvalue weighted by molar-refractivity contribution is 14.1. The van der Waals surface area contributed by atoms with Crippen molar-refractivity contribution in [3.05, 3.63) is 80.2 Å². The molecule has 5 rings (SSSR count). The number of aromatic nitrogens is 2. The molecule has 0 aliphatic rings. The molecule has 0 saturated carbocycles. The summed E-state index contributed by atoms with van der Waals surface area (Å²) < 4.78 is 24.8. The van der Waals surface area contributed by atoms with Crippen molar-refractivity contribution in [3.63, 3.8) is 0 Å². The van der Waals surface area contributed by atoms with Crippen molar-refractivity contribution in [2.24, 2.45) is 5.10 Å². The van der Waals surface area contributed by atoms with Gasteiger partial charge in [0.05, 0.1) is 39.8 Å². The van der Waals surface area contributed by atoms with Gasteiger partial charge in [-0.3, -0.25) is 4.79 Å². The fraction of sp³-hybridized carbons (Fsp3) is 0.143. The van der Waals surface area contributed by atoms with Crippen molar-refractivity contribution in [3.8, 4) is 34.9 Å². The van der Waals surface area contributed by atoms with Gasteiger partial charge in [0.25, 0.3) is 5.56 Å². The van der Waals surface area contributed by atoms with E-state index in [0.717, 1.165) is 8.96 Å². The maximum Gasteiger partial charge on any atom is 0.282 e. The highest BCUT2D eigenvalue weighted by Crippen LogP contribution is 2.35.